The number of anilines is 2. The molecule has 0 radical (unpaired) electrons. The molecule has 0 saturated carbocycles. The van der Waals surface area contributed by atoms with Gasteiger partial charge in [-0.25, -0.2) is 14.4 Å². The van der Waals surface area contributed by atoms with Gasteiger partial charge >= 0.3 is 0 Å². The molecule has 0 aliphatic carbocycles. The van der Waals surface area contributed by atoms with E-state index in [1.165, 1.54) is 19.2 Å². The zero-order chi connectivity index (χ0) is 14.0. The van der Waals surface area contributed by atoms with Gasteiger partial charge in [-0.1, -0.05) is 0 Å². The van der Waals surface area contributed by atoms with Crippen molar-refractivity contribution in [3.05, 3.63) is 41.2 Å². The maximum absolute atomic E-state index is 13.8. The molecule has 4 nitrogen and oxygen atoms in total. The Labute approximate surface area is 109 Å². The zero-order valence-electron chi connectivity index (χ0n) is 10.8. The number of methoxy groups -OCH3 is 1. The van der Waals surface area contributed by atoms with Crippen molar-refractivity contribution in [1.29, 1.82) is 0 Å². The lowest BCUT2D eigenvalue weighted by molar-refractivity contribution is 0.372. The molecule has 0 atom stereocenters. The molecule has 1 heterocycles. The van der Waals surface area contributed by atoms with Gasteiger partial charge in [-0.05, 0) is 32.0 Å². The zero-order valence-corrected chi connectivity index (χ0v) is 10.8. The molecule has 2 rings (SSSR count). The number of aryl methyl sites for hydroxylation is 2. The molecule has 19 heavy (non-hydrogen) atoms. The Morgan fingerprint density at radius 1 is 1.05 bits per heavy atom. The average molecular weight is 265 g/mol. The van der Waals surface area contributed by atoms with Crippen molar-refractivity contribution in [2.24, 2.45) is 0 Å². The van der Waals surface area contributed by atoms with E-state index >= 15 is 0 Å². The van der Waals surface area contributed by atoms with E-state index in [0.717, 1.165) is 11.4 Å². The van der Waals surface area contributed by atoms with Crippen LogP contribution in [-0.2, 0) is 0 Å². The largest absolute Gasteiger partial charge is 0.494 e. The van der Waals surface area contributed by atoms with Gasteiger partial charge in [0.1, 0.15) is 0 Å². The topological polar surface area (TPSA) is 47.0 Å². The van der Waals surface area contributed by atoms with Crippen LogP contribution < -0.4 is 10.1 Å². The van der Waals surface area contributed by atoms with Crippen molar-refractivity contribution in [3.8, 4) is 5.75 Å². The van der Waals surface area contributed by atoms with Gasteiger partial charge in [0, 0.05) is 11.4 Å². The van der Waals surface area contributed by atoms with Gasteiger partial charge in [0.25, 0.3) is 0 Å². The van der Waals surface area contributed by atoms with Crippen LogP contribution in [0.1, 0.15) is 11.4 Å². The Kier molecular flexibility index (Phi) is 3.59. The SMILES string of the molecule is COc1ccc(Nc2nc(C)cc(C)n2)c(F)c1F. The quantitative estimate of drug-likeness (QED) is 0.926. The first kappa shape index (κ1) is 13.2. The van der Waals surface area contributed by atoms with Gasteiger partial charge in [0.2, 0.25) is 11.8 Å². The molecular weight excluding hydrogens is 252 g/mol. The number of hydrogen-bond acceptors (Lipinski definition) is 4. The van der Waals surface area contributed by atoms with E-state index in [1.54, 1.807) is 19.9 Å². The minimum Gasteiger partial charge on any atom is -0.494 e. The van der Waals surface area contributed by atoms with E-state index in [0.29, 0.717) is 0 Å². The number of nitrogens with one attached hydrogen (secondary N) is 1. The van der Waals surface area contributed by atoms with E-state index in [9.17, 15) is 8.78 Å². The number of nitrogens with zero attached hydrogens (tertiary/aromatic N) is 2. The summed E-state index contributed by atoms with van der Waals surface area (Å²) in [4.78, 5) is 8.20. The predicted octanol–water partition coefficient (Wildman–Crippen LogP) is 3.12. The second-order valence-corrected chi connectivity index (χ2v) is 4.04. The summed E-state index contributed by atoms with van der Waals surface area (Å²) >= 11 is 0. The van der Waals surface area contributed by atoms with Crippen LogP contribution in [0.4, 0.5) is 20.4 Å². The monoisotopic (exact) mass is 265 g/mol. The van der Waals surface area contributed by atoms with Crippen molar-refractivity contribution in [2.45, 2.75) is 13.8 Å². The lowest BCUT2D eigenvalue weighted by Crippen LogP contribution is -2.03. The van der Waals surface area contributed by atoms with Crippen LogP contribution in [0.15, 0.2) is 18.2 Å². The van der Waals surface area contributed by atoms with Crippen molar-refractivity contribution in [3.63, 3.8) is 0 Å². The van der Waals surface area contributed by atoms with Gasteiger partial charge < -0.3 is 10.1 Å². The van der Waals surface area contributed by atoms with E-state index in [1.807, 2.05) is 0 Å². The first-order chi connectivity index (χ1) is 9.01. The van der Waals surface area contributed by atoms with Gasteiger partial charge in [0.05, 0.1) is 12.8 Å². The fourth-order valence-corrected chi connectivity index (χ4v) is 1.69. The smallest absolute Gasteiger partial charge is 0.227 e. The first-order valence-electron chi connectivity index (χ1n) is 5.62. The van der Waals surface area contributed by atoms with E-state index in [-0.39, 0.29) is 17.4 Å². The normalized spacial score (nSPS) is 10.4. The second kappa shape index (κ2) is 5.17. The second-order valence-electron chi connectivity index (χ2n) is 4.04. The Balaban J connectivity index is 2.36. The van der Waals surface area contributed by atoms with E-state index in [2.05, 4.69) is 15.3 Å². The molecule has 1 aromatic carbocycles. The molecule has 1 aromatic heterocycles. The number of hydrogen-bond donors (Lipinski definition) is 1. The van der Waals surface area contributed by atoms with Crippen LogP contribution in [0.3, 0.4) is 0 Å². The molecule has 2 aromatic rings. The van der Waals surface area contributed by atoms with Gasteiger partial charge in [0.15, 0.2) is 11.6 Å². The highest BCUT2D eigenvalue weighted by atomic mass is 19.2. The summed E-state index contributed by atoms with van der Waals surface area (Å²) in [5.41, 5.74) is 1.44. The number of halogens is 2. The highest BCUT2D eigenvalue weighted by Gasteiger charge is 2.14. The lowest BCUT2D eigenvalue weighted by atomic mass is 10.2. The molecule has 0 unspecified atom stereocenters. The summed E-state index contributed by atoms with van der Waals surface area (Å²) < 4.78 is 32.0. The molecule has 0 saturated heterocycles. The summed E-state index contributed by atoms with van der Waals surface area (Å²) in [6.07, 6.45) is 0. The molecule has 100 valence electrons. The van der Waals surface area contributed by atoms with Crippen LogP contribution >= 0.6 is 0 Å². The molecule has 0 fully saturated rings. The third kappa shape index (κ3) is 2.78. The Hall–Kier alpha value is -2.24. The fraction of sp³-hybridized carbons (Fsp3) is 0.231. The van der Waals surface area contributed by atoms with E-state index < -0.39 is 11.6 Å². The Bertz CT molecular complexity index is 597. The number of rotatable bonds is 3. The van der Waals surface area contributed by atoms with Crippen LogP contribution in [0.25, 0.3) is 0 Å². The average Bonchev–Trinajstić information content (AvgIpc) is 2.34. The summed E-state index contributed by atoms with van der Waals surface area (Å²) in [6.45, 7) is 3.59. The number of ether oxygens (including phenoxy) is 1. The molecular formula is C13H13F2N3O. The van der Waals surface area contributed by atoms with E-state index in [4.69, 9.17) is 4.74 Å². The van der Waals surface area contributed by atoms with Gasteiger partial charge in [-0.15, -0.1) is 0 Å². The van der Waals surface area contributed by atoms with Crippen LogP contribution in [-0.4, -0.2) is 17.1 Å². The summed E-state index contributed by atoms with van der Waals surface area (Å²) in [6, 6.07) is 4.50. The minimum atomic E-state index is -1.04. The molecule has 0 amide bonds. The van der Waals surface area contributed by atoms with Crippen LogP contribution in [0.5, 0.6) is 5.75 Å². The maximum atomic E-state index is 13.8. The molecule has 1 N–H and O–H groups in total. The summed E-state index contributed by atoms with van der Waals surface area (Å²) in [7, 11) is 1.28. The summed E-state index contributed by atoms with van der Waals surface area (Å²) in [5, 5.41) is 2.65. The lowest BCUT2D eigenvalue weighted by Gasteiger charge is -2.09. The van der Waals surface area contributed by atoms with Crippen LogP contribution in [0.2, 0.25) is 0 Å². The molecule has 0 spiro atoms. The minimum absolute atomic E-state index is 0.0386. The molecule has 0 aliphatic rings. The van der Waals surface area contributed by atoms with Crippen molar-refractivity contribution in [1.82, 2.24) is 9.97 Å². The first-order valence-corrected chi connectivity index (χ1v) is 5.62. The molecule has 0 aliphatic heterocycles. The third-order valence-electron chi connectivity index (χ3n) is 2.50. The number of benzene rings is 1. The molecule has 0 bridgehead atoms. The Morgan fingerprint density at radius 2 is 1.68 bits per heavy atom. The standard InChI is InChI=1S/C13H13F2N3O/c1-7-6-8(2)17-13(16-7)18-9-4-5-10(19-3)12(15)11(9)14/h4-6H,1-3H3,(H,16,17,18). The highest BCUT2D eigenvalue weighted by molar-refractivity contribution is 5.56. The van der Waals surface area contributed by atoms with Crippen LogP contribution in [0, 0.1) is 25.5 Å². The predicted molar refractivity (Wildman–Crippen MR) is 67.7 cm³/mol. The Morgan fingerprint density at radius 3 is 2.26 bits per heavy atom. The van der Waals surface area contributed by atoms with Gasteiger partial charge in [-0.2, -0.15) is 4.39 Å². The number of aromatic nitrogens is 2. The van der Waals surface area contributed by atoms with Crippen molar-refractivity contribution >= 4 is 11.6 Å². The van der Waals surface area contributed by atoms with Crippen molar-refractivity contribution < 1.29 is 13.5 Å². The maximum Gasteiger partial charge on any atom is 0.227 e. The summed E-state index contributed by atoms with van der Waals surface area (Å²) in [5.74, 6) is -2.00. The highest BCUT2D eigenvalue weighted by Crippen LogP contribution is 2.27. The van der Waals surface area contributed by atoms with Gasteiger partial charge in [-0.3, -0.25) is 0 Å². The molecule has 6 heteroatoms. The van der Waals surface area contributed by atoms with Crippen molar-refractivity contribution in [2.75, 3.05) is 12.4 Å². The fourth-order valence-electron chi connectivity index (χ4n) is 1.69. The third-order valence-corrected chi connectivity index (χ3v) is 2.50.